The van der Waals surface area contributed by atoms with Crippen molar-refractivity contribution in [3.05, 3.63) is 60.2 Å². The zero-order chi connectivity index (χ0) is 16.3. The summed E-state index contributed by atoms with van der Waals surface area (Å²) >= 11 is 0. The van der Waals surface area contributed by atoms with Gasteiger partial charge in [0, 0.05) is 19.0 Å². The molecule has 0 aliphatic rings. The maximum Gasteiger partial charge on any atom is 0.221 e. The molecule has 0 aliphatic heterocycles. The van der Waals surface area contributed by atoms with Crippen molar-refractivity contribution >= 4 is 17.8 Å². The SMILES string of the molecule is CC(=O)Nc1ccc(C=NOCCCOc2ccccc2)cc1. The van der Waals surface area contributed by atoms with Gasteiger partial charge in [0.25, 0.3) is 0 Å². The molecular formula is C18H20N2O3. The summed E-state index contributed by atoms with van der Waals surface area (Å²) in [6.07, 6.45) is 2.39. The number of carbonyl (C=O) groups excluding carboxylic acids is 1. The molecule has 0 fully saturated rings. The summed E-state index contributed by atoms with van der Waals surface area (Å²) in [5.74, 6) is 0.766. The Balaban J connectivity index is 1.62. The van der Waals surface area contributed by atoms with Gasteiger partial charge in [0.1, 0.15) is 12.4 Å². The maximum atomic E-state index is 10.9. The number of hydrogen-bond acceptors (Lipinski definition) is 4. The number of hydrogen-bond donors (Lipinski definition) is 1. The molecule has 2 aromatic rings. The lowest BCUT2D eigenvalue weighted by Crippen LogP contribution is -2.05. The second-order valence-electron chi connectivity index (χ2n) is 4.89. The third-order valence-corrected chi connectivity index (χ3v) is 2.90. The van der Waals surface area contributed by atoms with E-state index in [1.807, 2.05) is 54.6 Å². The van der Waals surface area contributed by atoms with Crippen LogP contribution >= 0.6 is 0 Å². The Morgan fingerprint density at radius 3 is 2.52 bits per heavy atom. The van der Waals surface area contributed by atoms with Gasteiger partial charge in [0.05, 0.1) is 12.8 Å². The second kappa shape index (κ2) is 9.25. The summed E-state index contributed by atoms with van der Waals surface area (Å²) < 4.78 is 5.55. The minimum absolute atomic E-state index is 0.0903. The van der Waals surface area contributed by atoms with Gasteiger partial charge in [-0.1, -0.05) is 35.5 Å². The number of nitrogens with one attached hydrogen (secondary N) is 1. The van der Waals surface area contributed by atoms with Crippen LogP contribution < -0.4 is 10.1 Å². The summed E-state index contributed by atoms with van der Waals surface area (Å²) in [5, 5.41) is 6.62. The molecular weight excluding hydrogens is 292 g/mol. The van der Waals surface area contributed by atoms with Crippen LogP contribution in [0.1, 0.15) is 18.9 Å². The quantitative estimate of drug-likeness (QED) is 0.461. The molecule has 0 aromatic heterocycles. The molecule has 1 amide bonds. The second-order valence-corrected chi connectivity index (χ2v) is 4.89. The van der Waals surface area contributed by atoms with Crippen LogP contribution in [0, 0.1) is 0 Å². The van der Waals surface area contributed by atoms with Gasteiger partial charge in [-0.2, -0.15) is 0 Å². The average molecular weight is 312 g/mol. The molecule has 1 N–H and O–H groups in total. The molecule has 120 valence electrons. The minimum Gasteiger partial charge on any atom is -0.493 e. The highest BCUT2D eigenvalue weighted by molar-refractivity contribution is 5.89. The van der Waals surface area contributed by atoms with Crippen molar-refractivity contribution in [3.63, 3.8) is 0 Å². The zero-order valence-electron chi connectivity index (χ0n) is 13.1. The van der Waals surface area contributed by atoms with Gasteiger partial charge in [-0.3, -0.25) is 4.79 Å². The van der Waals surface area contributed by atoms with E-state index in [1.54, 1.807) is 6.21 Å². The molecule has 5 nitrogen and oxygen atoms in total. The van der Waals surface area contributed by atoms with E-state index in [0.717, 1.165) is 23.4 Å². The van der Waals surface area contributed by atoms with Gasteiger partial charge in [-0.25, -0.2) is 0 Å². The molecule has 0 aliphatic carbocycles. The fraction of sp³-hybridized carbons (Fsp3) is 0.222. The molecule has 5 heteroatoms. The lowest BCUT2D eigenvalue weighted by Gasteiger charge is -2.04. The summed E-state index contributed by atoms with van der Waals surface area (Å²) in [6.45, 7) is 2.56. The Labute approximate surface area is 135 Å². The van der Waals surface area contributed by atoms with Crippen LogP contribution in [0.25, 0.3) is 0 Å². The summed E-state index contributed by atoms with van der Waals surface area (Å²) in [5.41, 5.74) is 1.66. The van der Waals surface area contributed by atoms with Crippen molar-refractivity contribution in [1.82, 2.24) is 0 Å². The molecule has 0 saturated carbocycles. The van der Waals surface area contributed by atoms with Crippen LogP contribution in [0.3, 0.4) is 0 Å². The summed E-state index contributed by atoms with van der Waals surface area (Å²) in [4.78, 5) is 16.1. The van der Waals surface area contributed by atoms with Gasteiger partial charge >= 0.3 is 0 Å². The van der Waals surface area contributed by atoms with Crippen LogP contribution in [-0.4, -0.2) is 25.3 Å². The third-order valence-electron chi connectivity index (χ3n) is 2.90. The summed E-state index contributed by atoms with van der Waals surface area (Å²) in [7, 11) is 0. The molecule has 0 atom stereocenters. The van der Waals surface area contributed by atoms with E-state index >= 15 is 0 Å². The molecule has 0 bridgehead atoms. The highest BCUT2D eigenvalue weighted by Crippen LogP contribution is 2.09. The van der Waals surface area contributed by atoms with Gasteiger partial charge in [0.15, 0.2) is 0 Å². The minimum atomic E-state index is -0.0903. The highest BCUT2D eigenvalue weighted by atomic mass is 16.6. The fourth-order valence-corrected chi connectivity index (χ4v) is 1.84. The number of rotatable bonds is 8. The van der Waals surface area contributed by atoms with E-state index in [2.05, 4.69) is 10.5 Å². The van der Waals surface area contributed by atoms with Crippen LogP contribution in [-0.2, 0) is 9.63 Å². The Hall–Kier alpha value is -2.82. The number of benzene rings is 2. The molecule has 2 aromatic carbocycles. The number of para-hydroxylation sites is 1. The number of amides is 1. The van der Waals surface area contributed by atoms with E-state index in [4.69, 9.17) is 9.57 Å². The van der Waals surface area contributed by atoms with E-state index in [1.165, 1.54) is 6.92 Å². The van der Waals surface area contributed by atoms with E-state index in [0.29, 0.717) is 13.2 Å². The number of oxime groups is 1. The van der Waals surface area contributed by atoms with Gasteiger partial charge in [-0.15, -0.1) is 0 Å². The normalized spacial score (nSPS) is 10.5. The van der Waals surface area contributed by atoms with E-state index in [-0.39, 0.29) is 5.91 Å². The standard InChI is InChI=1S/C18H20N2O3/c1-15(21)20-17-10-8-16(9-11-17)14-19-23-13-5-12-22-18-6-3-2-4-7-18/h2-4,6-11,14H,5,12-13H2,1H3,(H,20,21). The summed E-state index contributed by atoms with van der Waals surface area (Å²) in [6, 6.07) is 17.0. The van der Waals surface area contributed by atoms with Gasteiger partial charge in [-0.05, 0) is 29.8 Å². The monoisotopic (exact) mass is 312 g/mol. The first-order chi connectivity index (χ1) is 11.2. The molecule has 0 saturated heterocycles. The smallest absolute Gasteiger partial charge is 0.221 e. The third kappa shape index (κ3) is 6.65. The lowest BCUT2D eigenvalue weighted by molar-refractivity contribution is -0.114. The van der Waals surface area contributed by atoms with Gasteiger partial charge in [0.2, 0.25) is 5.91 Å². The van der Waals surface area contributed by atoms with Crippen LogP contribution in [0.4, 0.5) is 5.69 Å². The zero-order valence-corrected chi connectivity index (χ0v) is 13.1. The Morgan fingerprint density at radius 1 is 1.09 bits per heavy atom. The number of anilines is 1. The predicted octanol–water partition coefficient (Wildman–Crippen LogP) is 3.46. The van der Waals surface area contributed by atoms with Crippen molar-refractivity contribution in [3.8, 4) is 5.75 Å². The van der Waals surface area contributed by atoms with Crippen LogP contribution in [0.15, 0.2) is 59.8 Å². The fourth-order valence-electron chi connectivity index (χ4n) is 1.84. The Kier molecular flexibility index (Phi) is 6.65. The largest absolute Gasteiger partial charge is 0.493 e. The maximum absolute atomic E-state index is 10.9. The molecule has 0 heterocycles. The van der Waals surface area contributed by atoms with E-state index in [9.17, 15) is 4.79 Å². The molecule has 0 radical (unpaired) electrons. The molecule has 0 unspecified atom stereocenters. The first kappa shape index (κ1) is 16.5. The first-order valence-corrected chi connectivity index (χ1v) is 7.45. The lowest BCUT2D eigenvalue weighted by atomic mass is 10.2. The Morgan fingerprint density at radius 2 is 1.83 bits per heavy atom. The van der Waals surface area contributed by atoms with Gasteiger partial charge < -0.3 is 14.9 Å². The first-order valence-electron chi connectivity index (χ1n) is 7.45. The van der Waals surface area contributed by atoms with Crippen molar-refractivity contribution < 1.29 is 14.4 Å². The molecule has 23 heavy (non-hydrogen) atoms. The topological polar surface area (TPSA) is 59.9 Å². The Bertz CT molecular complexity index is 624. The highest BCUT2D eigenvalue weighted by Gasteiger charge is 1.95. The van der Waals surface area contributed by atoms with Crippen molar-refractivity contribution in [1.29, 1.82) is 0 Å². The van der Waals surface area contributed by atoms with E-state index < -0.39 is 0 Å². The number of nitrogens with zero attached hydrogens (tertiary/aromatic N) is 1. The molecule has 0 spiro atoms. The average Bonchev–Trinajstić information content (AvgIpc) is 2.56. The van der Waals surface area contributed by atoms with Crippen molar-refractivity contribution in [2.75, 3.05) is 18.5 Å². The van der Waals surface area contributed by atoms with Crippen LogP contribution in [0.2, 0.25) is 0 Å². The number of carbonyl (C=O) groups is 1. The molecule has 2 rings (SSSR count). The van der Waals surface area contributed by atoms with Crippen molar-refractivity contribution in [2.45, 2.75) is 13.3 Å². The predicted molar refractivity (Wildman–Crippen MR) is 90.8 cm³/mol. The number of ether oxygens (including phenoxy) is 1. The van der Waals surface area contributed by atoms with Crippen LogP contribution in [0.5, 0.6) is 5.75 Å². The van der Waals surface area contributed by atoms with Crippen molar-refractivity contribution in [2.24, 2.45) is 5.16 Å².